The maximum atomic E-state index is 13.5. The average molecular weight is 565 g/mol. The fourth-order valence-corrected chi connectivity index (χ4v) is 6.37. The van der Waals surface area contributed by atoms with Crippen molar-refractivity contribution >= 4 is 51.3 Å². The van der Waals surface area contributed by atoms with Gasteiger partial charge in [0.2, 0.25) is 17.7 Å². The summed E-state index contributed by atoms with van der Waals surface area (Å²) in [5.41, 5.74) is 2.08. The van der Waals surface area contributed by atoms with Gasteiger partial charge in [-0.3, -0.25) is 14.4 Å². The molecule has 1 saturated heterocycles. The molecule has 3 amide bonds. The zero-order valence-electron chi connectivity index (χ0n) is 21.9. The molecule has 0 spiro atoms. The van der Waals surface area contributed by atoms with Crippen LogP contribution in [0.25, 0.3) is 10.9 Å². The van der Waals surface area contributed by atoms with E-state index in [2.05, 4.69) is 10.3 Å². The summed E-state index contributed by atoms with van der Waals surface area (Å²) in [4.78, 5) is 48.6. The quantitative estimate of drug-likeness (QED) is 0.273. The van der Waals surface area contributed by atoms with Gasteiger partial charge in [-0.2, -0.15) is 0 Å². The number of benzene rings is 1. The molecule has 8 nitrogen and oxygen atoms in total. The van der Waals surface area contributed by atoms with E-state index in [0.29, 0.717) is 38.9 Å². The molecule has 0 aliphatic carbocycles. The van der Waals surface area contributed by atoms with Crippen LogP contribution in [0.3, 0.4) is 0 Å². The summed E-state index contributed by atoms with van der Waals surface area (Å²) in [6.45, 7) is 1.36. The van der Waals surface area contributed by atoms with Crippen LogP contribution in [0, 0.1) is 0 Å². The van der Waals surface area contributed by atoms with Crippen LogP contribution in [0.2, 0.25) is 0 Å². The zero-order chi connectivity index (χ0) is 27.2. The minimum atomic E-state index is -0.799. The number of carbonyl (C=O) groups is 3. The van der Waals surface area contributed by atoms with Crippen LogP contribution in [0.4, 0.5) is 0 Å². The molecule has 0 saturated carbocycles. The van der Waals surface area contributed by atoms with Crippen molar-refractivity contribution in [3.05, 3.63) is 74.7 Å². The van der Waals surface area contributed by atoms with E-state index >= 15 is 0 Å². The van der Waals surface area contributed by atoms with Crippen molar-refractivity contribution in [2.75, 3.05) is 33.3 Å². The first-order valence-electron chi connectivity index (χ1n) is 13.1. The summed E-state index contributed by atoms with van der Waals surface area (Å²) in [5.74, 6) is 0.276. The van der Waals surface area contributed by atoms with Crippen molar-refractivity contribution < 1.29 is 19.1 Å². The Morgan fingerprint density at radius 1 is 1.05 bits per heavy atom. The van der Waals surface area contributed by atoms with Crippen molar-refractivity contribution in [1.29, 1.82) is 0 Å². The lowest BCUT2D eigenvalue weighted by atomic mass is 10.0. The zero-order valence-corrected chi connectivity index (χ0v) is 23.5. The molecule has 1 unspecified atom stereocenters. The highest BCUT2D eigenvalue weighted by Crippen LogP contribution is 2.24. The number of nitrogens with zero attached hydrogens (tertiary/aromatic N) is 2. The Hall–Kier alpha value is -3.63. The molecule has 1 aromatic carbocycles. The summed E-state index contributed by atoms with van der Waals surface area (Å²) in [7, 11) is 1.64. The van der Waals surface area contributed by atoms with Gasteiger partial charge >= 0.3 is 0 Å². The predicted octanol–water partition coefficient (Wildman–Crippen LogP) is 3.87. The molecular formula is C29H32N4O4S2. The molecule has 2 N–H and O–H groups in total. The number of thiophene rings is 2. The lowest BCUT2D eigenvalue weighted by Crippen LogP contribution is -2.61. The van der Waals surface area contributed by atoms with Gasteiger partial charge in [0.15, 0.2) is 0 Å². The van der Waals surface area contributed by atoms with Crippen LogP contribution in [0.5, 0.6) is 5.75 Å². The highest BCUT2D eigenvalue weighted by Gasteiger charge is 2.40. The molecular weight excluding hydrogens is 532 g/mol. The number of hydrogen-bond acceptors (Lipinski definition) is 6. The van der Waals surface area contributed by atoms with Crippen LogP contribution in [0.15, 0.2) is 59.4 Å². The number of carbonyl (C=O) groups excluding carboxylic acids is 3. The standard InChI is InChI=1S/C29H32N4O4S2/c1-37-21-6-7-25-24(16-21)20(18-31-25)8-11-30-27(34)17-26-29(36)32(12-9-22-4-2-14-38-22)19-28(35)33(26)13-10-23-5-3-15-39-23/h2-7,14-16,18,26,31H,8-13,17,19H2,1H3,(H,30,34). The van der Waals surface area contributed by atoms with Gasteiger partial charge in [0.25, 0.3) is 0 Å². The Morgan fingerprint density at radius 2 is 1.79 bits per heavy atom. The number of H-pyrrole nitrogens is 1. The number of ether oxygens (including phenoxy) is 1. The van der Waals surface area contributed by atoms with E-state index < -0.39 is 6.04 Å². The number of hydrogen-bond donors (Lipinski definition) is 2. The van der Waals surface area contributed by atoms with E-state index in [1.165, 1.54) is 4.88 Å². The Kier molecular flexibility index (Phi) is 8.63. The molecule has 1 atom stereocenters. The molecule has 5 rings (SSSR count). The largest absolute Gasteiger partial charge is 0.497 e. The minimum absolute atomic E-state index is 0.0494. The number of piperazine rings is 1. The summed E-state index contributed by atoms with van der Waals surface area (Å²) in [6, 6.07) is 13.1. The van der Waals surface area contributed by atoms with Gasteiger partial charge in [-0.15, -0.1) is 22.7 Å². The molecule has 39 heavy (non-hydrogen) atoms. The van der Waals surface area contributed by atoms with E-state index in [1.54, 1.807) is 39.6 Å². The number of amides is 3. The maximum Gasteiger partial charge on any atom is 0.246 e. The Balaban J connectivity index is 1.22. The van der Waals surface area contributed by atoms with E-state index in [1.807, 2.05) is 59.4 Å². The third-order valence-electron chi connectivity index (χ3n) is 7.08. The fraction of sp³-hybridized carbons (Fsp3) is 0.345. The van der Waals surface area contributed by atoms with Gasteiger partial charge in [0.1, 0.15) is 11.8 Å². The first-order chi connectivity index (χ1) is 19.0. The molecule has 1 aliphatic rings. The second-order valence-corrected chi connectivity index (χ2v) is 11.6. The lowest BCUT2D eigenvalue weighted by molar-refractivity contribution is -0.157. The number of nitrogens with one attached hydrogen (secondary N) is 2. The van der Waals surface area contributed by atoms with Crippen LogP contribution in [-0.4, -0.2) is 71.8 Å². The van der Waals surface area contributed by atoms with Gasteiger partial charge in [-0.1, -0.05) is 12.1 Å². The number of rotatable bonds is 12. The highest BCUT2D eigenvalue weighted by atomic mass is 32.1. The third kappa shape index (κ3) is 6.51. The fourth-order valence-electron chi connectivity index (χ4n) is 4.98. The molecule has 4 aromatic rings. The summed E-state index contributed by atoms with van der Waals surface area (Å²) in [6.07, 6.45) is 3.88. The summed E-state index contributed by atoms with van der Waals surface area (Å²) < 4.78 is 5.34. The first-order valence-corrected chi connectivity index (χ1v) is 14.8. The second kappa shape index (κ2) is 12.5. The third-order valence-corrected chi connectivity index (χ3v) is 8.95. The predicted molar refractivity (Wildman–Crippen MR) is 154 cm³/mol. The van der Waals surface area contributed by atoms with E-state index in [9.17, 15) is 14.4 Å². The molecule has 10 heteroatoms. The van der Waals surface area contributed by atoms with Crippen LogP contribution >= 0.6 is 22.7 Å². The van der Waals surface area contributed by atoms with Crippen molar-refractivity contribution in [1.82, 2.24) is 20.1 Å². The minimum Gasteiger partial charge on any atom is -0.497 e. The molecule has 0 bridgehead atoms. The molecule has 0 radical (unpaired) electrons. The summed E-state index contributed by atoms with van der Waals surface area (Å²) in [5, 5.41) is 8.03. The van der Waals surface area contributed by atoms with Gasteiger partial charge in [0.05, 0.1) is 20.1 Å². The number of aromatic nitrogens is 1. The van der Waals surface area contributed by atoms with Gasteiger partial charge in [-0.05, 0) is 65.9 Å². The maximum absolute atomic E-state index is 13.5. The number of fused-ring (bicyclic) bond motifs is 1. The Labute approximate surface area is 235 Å². The smallest absolute Gasteiger partial charge is 0.246 e. The van der Waals surface area contributed by atoms with Crippen molar-refractivity contribution in [3.8, 4) is 5.75 Å². The van der Waals surface area contributed by atoms with Crippen molar-refractivity contribution in [2.24, 2.45) is 0 Å². The van der Waals surface area contributed by atoms with Crippen molar-refractivity contribution in [2.45, 2.75) is 31.7 Å². The monoisotopic (exact) mass is 564 g/mol. The summed E-state index contributed by atoms with van der Waals surface area (Å²) >= 11 is 3.26. The normalized spacial score (nSPS) is 15.8. The molecule has 4 heterocycles. The van der Waals surface area contributed by atoms with Crippen LogP contribution in [-0.2, 0) is 33.6 Å². The van der Waals surface area contributed by atoms with Gasteiger partial charge in [0, 0.05) is 46.5 Å². The van der Waals surface area contributed by atoms with E-state index in [-0.39, 0.29) is 30.7 Å². The second-order valence-electron chi connectivity index (χ2n) is 9.55. The average Bonchev–Trinajstić information content (AvgIpc) is 3.72. The van der Waals surface area contributed by atoms with Gasteiger partial charge in [-0.25, -0.2) is 0 Å². The lowest BCUT2D eigenvalue weighted by Gasteiger charge is -2.40. The molecule has 1 fully saturated rings. The van der Waals surface area contributed by atoms with Gasteiger partial charge < -0.3 is 24.8 Å². The molecule has 1 aliphatic heterocycles. The molecule has 204 valence electrons. The number of aromatic amines is 1. The van der Waals surface area contributed by atoms with E-state index in [4.69, 9.17) is 4.74 Å². The Morgan fingerprint density at radius 3 is 2.49 bits per heavy atom. The highest BCUT2D eigenvalue weighted by molar-refractivity contribution is 7.10. The SMILES string of the molecule is COc1ccc2[nH]cc(CCNC(=O)CC3C(=O)N(CCc4cccs4)CC(=O)N3CCc3cccs3)c2c1. The first kappa shape index (κ1) is 27.0. The van der Waals surface area contributed by atoms with E-state index in [0.717, 1.165) is 27.1 Å². The topological polar surface area (TPSA) is 94.7 Å². The molecule has 3 aromatic heterocycles. The van der Waals surface area contributed by atoms with Crippen molar-refractivity contribution in [3.63, 3.8) is 0 Å². The van der Waals surface area contributed by atoms with Crippen LogP contribution in [0.1, 0.15) is 21.7 Å². The number of methoxy groups -OCH3 is 1. The van der Waals surface area contributed by atoms with Crippen LogP contribution < -0.4 is 10.1 Å². The Bertz CT molecular complexity index is 1410.